The number of rotatable bonds is 4. The predicted octanol–water partition coefficient (Wildman–Crippen LogP) is 1.99. The Morgan fingerprint density at radius 3 is 1.50 bits per heavy atom. The van der Waals surface area contributed by atoms with E-state index in [1.165, 1.54) is 0 Å². The molecule has 0 saturated heterocycles. The first-order valence-corrected chi connectivity index (χ1v) is 7.22. The maximum atomic E-state index is 9.26. The fourth-order valence-electron chi connectivity index (χ4n) is 0.446. The van der Waals surface area contributed by atoms with Crippen molar-refractivity contribution in [1.29, 1.82) is 0 Å². The molecule has 6 heteroatoms. The van der Waals surface area contributed by atoms with Crippen LogP contribution in [0.15, 0.2) is 0 Å². The number of hydrogen-bond acceptors (Lipinski definition) is 2. The normalized spacial score (nSPS) is 16.3. The van der Waals surface area contributed by atoms with E-state index in [0.717, 1.165) is 0 Å². The van der Waals surface area contributed by atoms with E-state index in [4.69, 9.17) is 34.4 Å². The van der Waals surface area contributed by atoms with Crippen molar-refractivity contribution in [2.75, 3.05) is 24.1 Å². The van der Waals surface area contributed by atoms with Crippen LogP contribution in [0.3, 0.4) is 0 Å². The Morgan fingerprint density at radius 1 is 1.00 bits per heavy atom. The fraction of sp³-hybridized carbons (Fsp3) is 1.00. The van der Waals surface area contributed by atoms with Crippen LogP contribution in [0, 0.1) is 0 Å². The van der Waals surface area contributed by atoms with E-state index in [1.54, 1.807) is 0 Å². The quantitative estimate of drug-likeness (QED) is 0.569. The molecule has 0 aromatic carbocycles. The van der Waals surface area contributed by atoms with Crippen molar-refractivity contribution in [3.63, 3.8) is 0 Å². The third-order valence-electron chi connectivity index (χ3n) is 1.05. The minimum absolute atomic E-state index is 0.0292. The number of hydrogen-bond donors (Lipinski definition) is 2. The second-order valence-electron chi connectivity index (χ2n) is 2.09. The molecular formula is C4H10Cl3O2P. The molecule has 0 rings (SSSR count). The molecule has 2 nitrogen and oxygen atoms in total. The van der Waals surface area contributed by atoms with Crippen molar-refractivity contribution in [2.45, 2.75) is 0 Å². The number of alkyl halides is 2. The fourth-order valence-corrected chi connectivity index (χ4v) is 4.50. The molecule has 0 unspecified atom stereocenters. The monoisotopic (exact) mass is 226 g/mol. The molecule has 0 aromatic heterocycles. The zero-order valence-corrected chi connectivity index (χ0v) is 8.47. The van der Waals surface area contributed by atoms with Gasteiger partial charge in [-0.25, -0.2) is 0 Å². The Labute approximate surface area is 75.0 Å². The summed E-state index contributed by atoms with van der Waals surface area (Å²) >= 11 is 16.1. The standard InChI is InChI=1S/C4H10Cl3O2P/c5-1-3-10(7,8,9)4-2-6/h8-9H,1-4H2. The maximum absolute atomic E-state index is 9.26. The third-order valence-corrected chi connectivity index (χ3v) is 5.19. The van der Waals surface area contributed by atoms with Gasteiger partial charge in [-0.1, -0.05) is 0 Å². The average Bonchev–Trinajstić information content (AvgIpc) is 1.61. The van der Waals surface area contributed by atoms with Gasteiger partial charge in [0.1, 0.15) is 0 Å². The van der Waals surface area contributed by atoms with E-state index < -0.39 is 6.41 Å². The summed E-state index contributed by atoms with van der Waals surface area (Å²) < 4.78 is 0. The zero-order valence-electron chi connectivity index (χ0n) is 5.30. The molecule has 0 saturated carbocycles. The summed E-state index contributed by atoms with van der Waals surface area (Å²) in [7, 11) is 0. The van der Waals surface area contributed by atoms with Crippen LogP contribution in [0.2, 0.25) is 0 Å². The van der Waals surface area contributed by atoms with Crippen molar-refractivity contribution in [1.82, 2.24) is 0 Å². The number of halogens is 3. The molecule has 2 N–H and O–H groups in total. The third kappa shape index (κ3) is 4.95. The second kappa shape index (κ2) is 3.75. The Balaban J connectivity index is 3.97. The molecule has 10 heavy (non-hydrogen) atoms. The molecular weight excluding hydrogens is 217 g/mol. The summed E-state index contributed by atoms with van der Waals surface area (Å²) in [6.07, 6.45) is -3.89. The molecule has 0 fully saturated rings. The van der Waals surface area contributed by atoms with Gasteiger partial charge in [0.05, 0.1) is 0 Å². The van der Waals surface area contributed by atoms with Crippen LogP contribution in [-0.2, 0) is 0 Å². The van der Waals surface area contributed by atoms with Crippen molar-refractivity contribution in [3.8, 4) is 0 Å². The molecule has 0 heterocycles. The van der Waals surface area contributed by atoms with E-state index in [0.29, 0.717) is 0 Å². The SMILES string of the molecule is OP(O)(Cl)(CCCl)CCCl. The van der Waals surface area contributed by atoms with Crippen LogP contribution in [0.25, 0.3) is 0 Å². The summed E-state index contributed by atoms with van der Waals surface area (Å²) in [5.74, 6) is 0.288. The van der Waals surface area contributed by atoms with Crippen LogP contribution in [0.1, 0.15) is 0 Å². The van der Waals surface area contributed by atoms with E-state index in [-0.39, 0.29) is 24.1 Å². The molecule has 0 radical (unpaired) electrons. The first-order chi connectivity index (χ1) is 4.39. The van der Waals surface area contributed by atoms with E-state index in [9.17, 15) is 9.79 Å². The van der Waals surface area contributed by atoms with Gasteiger partial charge in [0.15, 0.2) is 0 Å². The summed E-state index contributed by atoms with van der Waals surface area (Å²) in [5.41, 5.74) is 0. The molecule has 64 valence electrons. The average molecular weight is 227 g/mol. The van der Waals surface area contributed by atoms with Gasteiger partial charge < -0.3 is 0 Å². The van der Waals surface area contributed by atoms with Crippen molar-refractivity contribution >= 4 is 40.9 Å². The van der Waals surface area contributed by atoms with E-state index >= 15 is 0 Å². The first kappa shape index (κ1) is 11.2. The van der Waals surface area contributed by atoms with Gasteiger partial charge in [-0.3, -0.25) is 0 Å². The first-order valence-electron chi connectivity index (χ1n) is 2.74. The van der Waals surface area contributed by atoms with Gasteiger partial charge in [-0.05, 0) is 0 Å². The molecule has 0 aliphatic carbocycles. The molecule has 0 atom stereocenters. The molecule has 0 aromatic rings. The summed E-state index contributed by atoms with van der Waals surface area (Å²) in [6.45, 7) is 0. The second-order valence-corrected chi connectivity index (χ2v) is 8.62. The van der Waals surface area contributed by atoms with Gasteiger partial charge in [-0.15, -0.1) is 0 Å². The topological polar surface area (TPSA) is 40.5 Å². The van der Waals surface area contributed by atoms with Crippen LogP contribution in [-0.4, -0.2) is 33.9 Å². The van der Waals surface area contributed by atoms with Crippen LogP contribution < -0.4 is 0 Å². The Bertz CT molecular complexity index is 101. The predicted molar refractivity (Wildman–Crippen MR) is 48.4 cm³/mol. The van der Waals surface area contributed by atoms with Crippen LogP contribution >= 0.6 is 40.9 Å². The molecule has 0 aliphatic heterocycles. The van der Waals surface area contributed by atoms with Gasteiger partial charge >= 0.3 is 74.7 Å². The summed E-state index contributed by atoms with van der Waals surface area (Å²) in [5, 5.41) is 0. The van der Waals surface area contributed by atoms with Gasteiger partial charge in [0.25, 0.3) is 0 Å². The molecule has 0 aliphatic rings. The minimum atomic E-state index is -3.95. The Hall–Kier alpha value is 1.22. The van der Waals surface area contributed by atoms with Crippen molar-refractivity contribution in [3.05, 3.63) is 0 Å². The molecule has 0 bridgehead atoms. The Kier molecular flexibility index (Phi) is 4.21. The molecule has 0 amide bonds. The van der Waals surface area contributed by atoms with Crippen molar-refractivity contribution < 1.29 is 9.79 Å². The van der Waals surface area contributed by atoms with Gasteiger partial charge in [-0.2, -0.15) is 0 Å². The van der Waals surface area contributed by atoms with Gasteiger partial charge in [0, 0.05) is 0 Å². The summed E-state index contributed by atoms with van der Waals surface area (Å²) in [4.78, 5) is 18.5. The van der Waals surface area contributed by atoms with E-state index in [2.05, 4.69) is 0 Å². The van der Waals surface area contributed by atoms with E-state index in [1.807, 2.05) is 0 Å². The zero-order chi connectivity index (χ0) is 8.28. The van der Waals surface area contributed by atoms with Gasteiger partial charge in [0.2, 0.25) is 0 Å². The summed E-state index contributed by atoms with van der Waals surface area (Å²) in [6, 6.07) is 0. The van der Waals surface area contributed by atoms with Crippen molar-refractivity contribution in [2.24, 2.45) is 0 Å². The Morgan fingerprint density at radius 2 is 1.30 bits per heavy atom. The van der Waals surface area contributed by atoms with Crippen LogP contribution in [0.4, 0.5) is 0 Å². The molecule has 0 spiro atoms. The van der Waals surface area contributed by atoms with Crippen LogP contribution in [0.5, 0.6) is 0 Å².